The molecule has 0 aromatic heterocycles. The van der Waals surface area contributed by atoms with E-state index in [0.717, 1.165) is 11.8 Å². The third-order valence-corrected chi connectivity index (χ3v) is 3.33. The van der Waals surface area contributed by atoms with Gasteiger partial charge in [0.05, 0.1) is 0 Å². The van der Waals surface area contributed by atoms with Crippen molar-refractivity contribution < 1.29 is 0 Å². The van der Waals surface area contributed by atoms with Crippen LogP contribution in [0.25, 0.3) is 0 Å². The second-order valence-electron chi connectivity index (χ2n) is 4.02. The summed E-state index contributed by atoms with van der Waals surface area (Å²) in [7, 11) is 0. The lowest BCUT2D eigenvalue weighted by molar-refractivity contribution is 0.251. The van der Waals surface area contributed by atoms with Gasteiger partial charge in [-0.05, 0) is 31.1 Å². The first kappa shape index (κ1) is 6.66. The van der Waals surface area contributed by atoms with Crippen molar-refractivity contribution in [3.05, 3.63) is 0 Å². The van der Waals surface area contributed by atoms with Crippen molar-refractivity contribution in [2.75, 3.05) is 0 Å². The van der Waals surface area contributed by atoms with Crippen molar-refractivity contribution in [1.29, 1.82) is 0 Å². The molecule has 0 aromatic rings. The molecule has 2 aliphatic rings. The molecular formula is C9H17N. The highest BCUT2D eigenvalue weighted by atomic mass is 14.6. The van der Waals surface area contributed by atoms with Crippen LogP contribution in [-0.2, 0) is 0 Å². The van der Waals surface area contributed by atoms with Gasteiger partial charge in [0.2, 0.25) is 0 Å². The first-order valence-electron chi connectivity index (χ1n) is 4.62. The Labute approximate surface area is 63.0 Å². The summed E-state index contributed by atoms with van der Waals surface area (Å²) >= 11 is 0. The fourth-order valence-corrected chi connectivity index (χ4v) is 2.74. The second-order valence-corrected chi connectivity index (χ2v) is 4.02. The number of hydrogen-bond acceptors (Lipinski definition) is 1. The van der Waals surface area contributed by atoms with Crippen molar-refractivity contribution in [2.45, 2.75) is 44.6 Å². The molecule has 0 spiro atoms. The molecule has 2 N–H and O–H groups in total. The molecule has 0 amide bonds. The fraction of sp³-hybridized carbons (Fsp3) is 1.00. The van der Waals surface area contributed by atoms with Crippen LogP contribution in [0.2, 0.25) is 0 Å². The molecule has 2 aliphatic carbocycles. The van der Waals surface area contributed by atoms with Crippen molar-refractivity contribution in [1.82, 2.24) is 0 Å². The van der Waals surface area contributed by atoms with E-state index in [1.54, 1.807) is 0 Å². The smallest absolute Gasteiger partial charge is 0.00416 e. The Balaban J connectivity index is 1.96. The number of nitrogens with two attached hydrogens (primary N) is 1. The third-order valence-electron chi connectivity index (χ3n) is 3.33. The SMILES string of the molecule is N[C@@H]1CC[C@H]2CCC[C@@H]2C1. The Morgan fingerprint density at radius 1 is 0.900 bits per heavy atom. The normalized spacial score (nSPS) is 47.1. The van der Waals surface area contributed by atoms with E-state index in [9.17, 15) is 0 Å². The fourth-order valence-electron chi connectivity index (χ4n) is 2.74. The van der Waals surface area contributed by atoms with Crippen molar-refractivity contribution in [3.8, 4) is 0 Å². The summed E-state index contributed by atoms with van der Waals surface area (Å²) in [5.41, 5.74) is 5.89. The van der Waals surface area contributed by atoms with Crippen LogP contribution in [-0.4, -0.2) is 6.04 Å². The molecule has 10 heavy (non-hydrogen) atoms. The molecule has 0 saturated heterocycles. The van der Waals surface area contributed by atoms with Crippen LogP contribution in [0.15, 0.2) is 0 Å². The van der Waals surface area contributed by atoms with E-state index in [1.807, 2.05) is 0 Å². The molecule has 2 saturated carbocycles. The first-order chi connectivity index (χ1) is 4.86. The molecule has 3 atom stereocenters. The minimum atomic E-state index is 0.541. The van der Waals surface area contributed by atoms with E-state index in [2.05, 4.69) is 0 Å². The van der Waals surface area contributed by atoms with Gasteiger partial charge in [-0.3, -0.25) is 0 Å². The van der Waals surface area contributed by atoms with Gasteiger partial charge in [-0.25, -0.2) is 0 Å². The maximum atomic E-state index is 5.89. The van der Waals surface area contributed by atoms with Gasteiger partial charge in [-0.2, -0.15) is 0 Å². The Hall–Kier alpha value is -0.0400. The first-order valence-corrected chi connectivity index (χ1v) is 4.62. The average Bonchev–Trinajstić information content (AvgIpc) is 2.33. The van der Waals surface area contributed by atoms with E-state index in [0.29, 0.717) is 6.04 Å². The van der Waals surface area contributed by atoms with Gasteiger partial charge in [-0.1, -0.05) is 19.3 Å². The third kappa shape index (κ3) is 1.07. The Morgan fingerprint density at radius 3 is 2.60 bits per heavy atom. The van der Waals surface area contributed by atoms with E-state index in [4.69, 9.17) is 5.73 Å². The molecule has 1 heteroatoms. The molecule has 2 fully saturated rings. The van der Waals surface area contributed by atoms with E-state index < -0.39 is 0 Å². The van der Waals surface area contributed by atoms with Crippen LogP contribution in [0, 0.1) is 11.8 Å². The lowest BCUT2D eigenvalue weighted by Gasteiger charge is -2.29. The predicted molar refractivity (Wildman–Crippen MR) is 42.7 cm³/mol. The minimum Gasteiger partial charge on any atom is -0.328 e. The molecule has 2 rings (SSSR count). The van der Waals surface area contributed by atoms with Gasteiger partial charge in [0.1, 0.15) is 0 Å². The van der Waals surface area contributed by atoms with Crippen LogP contribution in [0.3, 0.4) is 0 Å². The second kappa shape index (κ2) is 2.54. The van der Waals surface area contributed by atoms with Gasteiger partial charge in [0.15, 0.2) is 0 Å². The largest absolute Gasteiger partial charge is 0.328 e. The van der Waals surface area contributed by atoms with Gasteiger partial charge < -0.3 is 5.73 Å². The molecule has 0 aromatic carbocycles. The van der Waals surface area contributed by atoms with Crippen molar-refractivity contribution in [2.24, 2.45) is 17.6 Å². The lowest BCUT2D eigenvalue weighted by Crippen LogP contribution is -2.30. The minimum absolute atomic E-state index is 0.541. The van der Waals surface area contributed by atoms with E-state index in [-0.39, 0.29) is 0 Å². The molecular weight excluding hydrogens is 122 g/mol. The predicted octanol–water partition coefficient (Wildman–Crippen LogP) is 1.91. The summed E-state index contributed by atoms with van der Waals surface area (Å²) in [6, 6.07) is 0.541. The summed E-state index contributed by atoms with van der Waals surface area (Å²) in [6.07, 6.45) is 8.48. The highest BCUT2D eigenvalue weighted by Gasteiger charge is 2.32. The van der Waals surface area contributed by atoms with Gasteiger partial charge in [0, 0.05) is 6.04 Å². The zero-order chi connectivity index (χ0) is 6.97. The summed E-state index contributed by atoms with van der Waals surface area (Å²) in [5, 5.41) is 0. The van der Waals surface area contributed by atoms with Crippen molar-refractivity contribution in [3.63, 3.8) is 0 Å². The average molecular weight is 139 g/mol. The van der Waals surface area contributed by atoms with Crippen molar-refractivity contribution >= 4 is 0 Å². The quantitative estimate of drug-likeness (QED) is 0.545. The molecule has 0 heterocycles. The zero-order valence-corrected chi connectivity index (χ0v) is 6.55. The Bertz CT molecular complexity index is 122. The Kier molecular flexibility index (Phi) is 1.69. The van der Waals surface area contributed by atoms with Gasteiger partial charge >= 0.3 is 0 Å². The molecule has 1 nitrogen and oxygen atoms in total. The molecule has 58 valence electrons. The molecule has 0 radical (unpaired) electrons. The maximum absolute atomic E-state index is 5.89. The lowest BCUT2D eigenvalue weighted by atomic mass is 9.79. The van der Waals surface area contributed by atoms with E-state index in [1.165, 1.54) is 38.5 Å². The number of fused-ring (bicyclic) bond motifs is 1. The van der Waals surface area contributed by atoms with Crippen LogP contribution >= 0.6 is 0 Å². The molecule has 0 aliphatic heterocycles. The van der Waals surface area contributed by atoms with Gasteiger partial charge in [-0.15, -0.1) is 0 Å². The number of rotatable bonds is 0. The van der Waals surface area contributed by atoms with Crippen LogP contribution < -0.4 is 5.73 Å². The monoisotopic (exact) mass is 139 g/mol. The number of hydrogen-bond donors (Lipinski definition) is 1. The zero-order valence-electron chi connectivity index (χ0n) is 6.55. The van der Waals surface area contributed by atoms with Crippen LogP contribution in [0.1, 0.15) is 38.5 Å². The standard InChI is InChI=1S/C9H17N/c10-9-5-4-7-2-1-3-8(7)6-9/h7-9H,1-6,10H2/t7-,8-,9-/m1/s1. The van der Waals surface area contributed by atoms with E-state index >= 15 is 0 Å². The summed E-state index contributed by atoms with van der Waals surface area (Å²) in [6.45, 7) is 0. The summed E-state index contributed by atoms with van der Waals surface area (Å²) < 4.78 is 0. The molecule has 0 bridgehead atoms. The van der Waals surface area contributed by atoms with Crippen LogP contribution in [0.5, 0.6) is 0 Å². The highest BCUT2D eigenvalue weighted by Crippen LogP contribution is 2.41. The Morgan fingerprint density at radius 2 is 1.70 bits per heavy atom. The maximum Gasteiger partial charge on any atom is 0.00416 e. The topological polar surface area (TPSA) is 26.0 Å². The summed E-state index contributed by atoms with van der Waals surface area (Å²) in [5.74, 6) is 2.09. The van der Waals surface area contributed by atoms with Crippen LogP contribution in [0.4, 0.5) is 0 Å². The van der Waals surface area contributed by atoms with Gasteiger partial charge in [0.25, 0.3) is 0 Å². The highest BCUT2D eigenvalue weighted by molar-refractivity contribution is 4.85. The molecule has 0 unspecified atom stereocenters. The summed E-state index contributed by atoms with van der Waals surface area (Å²) in [4.78, 5) is 0.